The first-order valence-electron chi connectivity index (χ1n) is 8.58. The van der Waals surface area contributed by atoms with Crippen molar-refractivity contribution in [1.29, 1.82) is 5.26 Å². The third-order valence-electron chi connectivity index (χ3n) is 4.75. The van der Waals surface area contributed by atoms with Gasteiger partial charge >= 0.3 is 0 Å². The fourth-order valence-corrected chi connectivity index (χ4v) is 3.34. The molecule has 0 amide bonds. The average molecular weight is 389 g/mol. The highest BCUT2D eigenvalue weighted by Gasteiger charge is 2.35. The van der Waals surface area contributed by atoms with Crippen LogP contribution in [0, 0.1) is 21.4 Å². The summed E-state index contributed by atoms with van der Waals surface area (Å²) in [6.45, 7) is 0. The number of nitrogens with one attached hydrogen (secondary N) is 1. The molecule has 1 atom stereocenters. The molecule has 4 rings (SSSR count). The van der Waals surface area contributed by atoms with Crippen molar-refractivity contribution in [2.45, 2.75) is 5.92 Å². The highest BCUT2D eigenvalue weighted by Crippen LogP contribution is 2.45. The molecule has 0 aliphatic carbocycles. The number of nitro groups is 1. The number of hydrogen-bond acceptors (Lipinski definition) is 7. The Morgan fingerprint density at radius 2 is 1.93 bits per heavy atom. The molecule has 2 heterocycles. The van der Waals surface area contributed by atoms with Crippen LogP contribution in [0.3, 0.4) is 0 Å². The zero-order valence-corrected chi connectivity index (χ0v) is 15.2. The molecule has 2 aromatic carbocycles. The normalized spacial score (nSPS) is 15.2. The van der Waals surface area contributed by atoms with Crippen LogP contribution in [0.4, 0.5) is 5.69 Å². The lowest BCUT2D eigenvalue weighted by molar-refractivity contribution is -0.384. The summed E-state index contributed by atoms with van der Waals surface area (Å²) >= 11 is 0. The zero-order chi connectivity index (χ0) is 20.5. The van der Waals surface area contributed by atoms with E-state index in [-0.39, 0.29) is 23.0 Å². The average Bonchev–Trinajstić information content (AvgIpc) is 3.16. The van der Waals surface area contributed by atoms with Gasteiger partial charge in [-0.1, -0.05) is 12.1 Å². The summed E-state index contributed by atoms with van der Waals surface area (Å²) in [4.78, 5) is 10.5. The molecule has 0 fully saturated rings. The first kappa shape index (κ1) is 18.1. The summed E-state index contributed by atoms with van der Waals surface area (Å²) in [7, 11) is 1.58. The fourth-order valence-electron chi connectivity index (χ4n) is 3.34. The Labute approximate surface area is 165 Å². The van der Waals surface area contributed by atoms with E-state index in [0.29, 0.717) is 22.6 Å². The standard InChI is InChI=1S/C20H15N5O4/c1-28-14-8-4-12(5-9-14)18-17-16(11-2-6-13(7-3-11)25(26)27)15(10-21)19(22)29-20(17)24-23-18/h2-9,16H,22H2,1H3,(H,23,24). The largest absolute Gasteiger partial charge is 0.497 e. The van der Waals surface area contributed by atoms with Crippen molar-refractivity contribution in [3.8, 4) is 29.0 Å². The second-order valence-electron chi connectivity index (χ2n) is 6.32. The van der Waals surface area contributed by atoms with Crippen molar-refractivity contribution in [3.63, 3.8) is 0 Å². The smallest absolute Gasteiger partial charge is 0.269 e. The zero-order valence-electron chi connectivity index (χ0n) is 15.2. The van der Waals surface area contributed by atoms with E-state index in [1.165, 1.54) is 12.1 Å². The highest BCUT2D eigenvalue weighted by atomic mass is 16.6. The molecule has 0 saturated heterocycles. The van der Waals surface area contributed by atoms with Crippen molar-refractivity contribution in [2.75, 3.05) is 7.11 Å². The van der Waals surface area contributed by atoms with Crippen LogP contribution in [0.25, 0.3) is 11.3 Å². The number of nitrogens with zero attached hydrogens (tertiary/aromatic N) is 3. The molecule has 1 aromatic heterocycles. The number of allylic oxidation sites excluding steroid dienone is 1. The predicted octanol–water partition coefficient (Wildman–Crippen LogP) is 3.21. The van der Waals surface area contributed by atoms with Gasteiger partial charge in [0, 0.05) is 17.7 Å². The molecule has 1 aliphatic rings. The van der Waals surface area contributed by atoms with Gasteiger partial charge in [0.25, 0.3) is 5.69 Å². The van der Waals surface area contributed by atoms with Crippen LogP contribution < -0.4 is 15.2 Å². The Bertz CT molecular complexity index is 1160. The maximum Gasteiger partial charge on any atom is 0.269 e. The molecule has 29 heavy (non-hydrogen) atoms. The number of nitriles is 1. The third kappa shape index (κ3) is 3.02. The molecule has 144 valence electrons. The lowest BCUT2D eigenvalue weighted by Gasteiger charge is -2.24. The van der Waals surface area contributed by atoms with Crippen molar-refractivity contribution in [2.24, 2.45) is 5.73 Å². The Morgan fingerprint density at radius 1 is 1.24 bits per heavy atom. The number of nitrogens with two attached hydrogens (primary N) is 1. The summed E-state index contributed by atoms with van der Waals surface area (Å²) in [5.41, 5.74) is 8.89. The fraction of sp³-hybridized carbons (Fsp3) is 0.100. The number of rotatable bonds is 4. The number of aromatic amines is 1. The van der Waals surface area contributed by atoms with Gasteiger partial charge in [0.2, 0.25) is 11.8 Å². The van der Waals surface area contributed by atoms with Gasteiger partial charge in [-0.05, 0) is 29.8 Å². The number of H-pyrrole nitrogens is 1. The van der Waals surface area contributed by atoms with Crippen molar-refractivity contribution >= 4 is 5.69 Å². The van der Waals surface area contributed by atoms with Crippen LogP contribution in [0.1, 0.15) is 17.0 Å². The Hall–Kier alpha value is -4.32. The van der Waals surface area contributed by atoms with Crippen molar-refractivity contribution < 1.29 is 14.4 Å². The van der Waals surface area contributed by atoms with E-state index in [1.807, 2.05) is 24.3 Å². The highest BCUT2D eigenvalue weighted by molar-refractivity contribution is 5.71. The first-order valence-corrected chi connectivity index (χ1v) is 8.58. The van der Waals surface area contributed by atoms with Gasteiger partial charge in [0.15, 0.2) is 0 Å². The van der Waals surface area contributed by atoms with E-state index < -0.39 is 10.8 Å². The van der Waals surface area contributed by atoms with Gasteiger partial charge in [-0.15, -0.1) is 5.10 Å². The maximum atomic E-state index is 11.0. The van der Waals surface area contributed by atoms with Gasteiger partial charge < -0.3 is 15.2 Å². The monoisotopic (exact) mass is 389 g/mol. The summed E-state index contributed by atoms with van der Waals surface area (Å²) in [5.74, 6) is 0.333. The molecule has 1 unspecified atom stereocenters. The number of methoxy groups -OCH3 is 1. The van der Waals surface area contributed by atoms with Crippen LogP contribution >= 0.6 is 0 Å². The molecular weight excluding hydrogens is 374 g/mol. The van der Waals surface area contributed by atoms with E-state index >= 15 is 0 Å². The predicted molar refractivity (Wildman–Crippen MR) is 103 cm³/mol. The second kappa shape index (κ2) is 7.01. The number of benzene rings is 2. The number of non-ortho nitro benzene ring substituents is 1. The van der Waals surface area contributed by atoms with Gasteiger partial charge in [-0.3, -0.25) is 15.2 Å². The van der Waals surface area contributed by atoms with E-state index in [1.54, 1.807) is 19.2 Å². The van der Waals surface area contributed by atoms with Crippen LogP contribution in [0.15, 0.2) is 60.0 Å². The van der Waals surface area contributed by atoms with Gasteiger partial charge in [0.1, 0.15) is 17.4 Å². The number of nitro benzene ring substituents is 1. The lowest BCUT2D eigenvalue weighted by Crippen LogP contribution is -2.21. The summed E-state index contributed by atoms with van der Waals surface area (Å²) in [6.07, 6.45) is 0. The maximum absolute atomic E-state index is 11.0. The Balaban J connectivity index is 1.87. The third-order valence-corrected chi connectivity index (χ3v) is 4.75. The molecule has 0 saturated carbocycles. The number of fused-ring (bicyclic) bond motifs is 1. The lowest BCUT2D eigenvalue weighted by atomic mass is 9.83. The first-order chi connectivity index (χ1) is 14.0. The van der Waals surface area contributed by atoms with Crippen LogP contribution in [-0.4, -0.2) is 22.2 Å². The SMILES string of the molecule is COc1ccc(-c2[nH]nc3c2C(c2ccc([N+](=O)[O-])cc2)C(C#N)=C(N)O3)cc1. The second-order valence-corrected chi connectivity index (χ2v) is 6.32. The molecule has 0 spiro atoms. The summed E-state index contributed by atoms with van der Waals surface area (Å²) in [6, 6.07) is 15.4. The van der Waals surface area contributed by atoms with E-state index in [9.17, 15) is 15.4 Å². The van der Waals surface area contributed by atoms with Gasteiger partial charge in [-0.2, -0.15) is 5.26 Å². The number of hydrogen-bond donors (Lipinski definition) is 2. The Kier molecular flexibility index (Phi) is 4.37. The van der Waals surface area contributed by atoms with Crippen LogP contribution in [0.2, 0.25) is 0 Å². The molecule has 3 aromatic rings. The van der Waals surface area contributed by atoms with Crippen molar-refractivity contribution in [3.05, 3.63) is 81.2 Å². The number of ether oxygens (including phenoxy) is 2. The minimum atomic E-state index is -0.583. The minimum Gasteiger partial charge on any atom is -0.497 e. The topological polar surface area (TPSA) is 140 Å². The summed E-state index contributed by atoms with van der Waals surface area (Å²) in [5, 5.41) is 27.8. The number of aromatic nitrogens is 2. The van der Waals surface area contributed by atoms with Crippen LogP contribution in [-0.2, 0) is 0 Å². The van der Waals surface area contributed by atoms with Gasteiger partial charge in [0.05, 0.1) is 29.2 Å². The molecular formula is C20H15N5O4. The Morgan fingerprint density at radius 3 is 2.52 bits per heavy atom. The molecule has 9 nitrogen and oxygen atoms in total. The molecule has 3 N–H and O–H groups in total. The van der Waals surface area contributed by atoms with E-state index in [4.69, 9.17) is 15.2 Å². The molecule has 9 heteroatoms. The summed E-state index contributed by atoms with van der Waals surface area (Å²) < 4.78 is 10.8. The molecule has 1 aliphatic heterocycles. The van der Waals surface area contributed by atoms with Crippen molar-refractivity contribution in [1.82, 2.24) is 10.2 Å². The molecule has 0 bridgehead atoms. The van der Waals surface area contributed by atoms with Crippen LogP contribution in [0.5, 0.6) is 11.6 Å². The van der Waals surface area contributed by atoms with E-state index in [0.717, 1.165) is 5.56 Å². The van der Waals surface area contributed by atoms with E-state index in [2.05, 4.69) is 16.3 Å². The minimum absolute atomic E-state index is 0.0425. The van der Waals surface area contributed by atoms with Gasteiger partial charge in [-0.25, -0.2) is 0 Å². The quantitative estimate of drug-likeness (QED) is 0.515. The molecule has 0 radical (unpaired) electrons.